The molecule has 1 saturated heterocycles. The normalized spacial score (nSPS) is 19.3. The highest BCUT2D eigenvalue weighted by atomic mass is 16.2. The van der Waals surface area contributed by atoms with Gasteiger partial charge in [0.15, 0.2) is 0 Å². The number of carbonyl (C=O) groups is 3. The van der Waals surface area contributed by atoms with Crippen LogP contribution in [0.5, 0.6) is 0 Å². The maximum atomic E-state index is 12.0. The molecule has 1 rings (SSSR count). The first-order valence-corrected chi connectivity index (χ1v) is 6.10. The molecular formula is C12H21N3O3. The van der Waals surface area contributed by atoms with E-state index >= 15 is 0 Å². The van der Waals surface area contributed by atoms with E-state index in [4.69, 9.17) is 0 Å². The van der Waals surface area contributed by atoms with Gasteiger partial charge in [-0.1, -0.05) is 13.8 Å². The van der Waals surface area contributed by atoms with Crippen molar-refractivity contribution in [2.45, 2.75) is 33.2 Å². The highest BCUT2D eigenvalue weighted by Gasteiger charge is 2.40. The van der Waals surface area contributed by atoms with E-state index in [0.29, 0.717) is 12.5 Å². The van der Waals surface area contributed by atoms with Gasteiger partial charge in [-0.25, -0.2) is 0 Å². The van der Waals surface area contributed by atoms with Crippen LogP contribution >= 0.6 is 0 Å². The van der Waals surface area contributed by atoms with Crippen LogP contribution in [0.2, 0.25) is 0 Å². The second-order valence-electron chi connectivity index (χ2n) is 5.46. The Morgan fingerprint density at radius 1 is 1.44 bits per heavy atom. The highest BCUT2D eigenvalue weighted by Crippen LogP contribution is 2.12. The van der Waals surface area contributed by atoms with Crippen LogP contribution in [0.4, 0.5) is 0 Å². The van der Waals surface area contributed by atoms with Gasteiger partial charge in [0.1, 0.15) is 6.54 Å². The maximum Gasteiger partial charge on any atom is 0.249 e. The topological polar surface area (TPSA) is 78.5 Å². The average Bonchev–Trinajstić information content (AvgIpc) is 2.28. The van der Waals surface area contributed by atoms with Gasteiger partial charge in [-0.05, 0) is 19.8 Å². The zero-order chi connectivity index (χ0) is 13.9. The predicted molar refractivity (Wildman–Crippen MR) is 66.6 cm³/mol. The minimum absolute atomic E-state index is 0.0796. The summed E-state index contributed by atoms with van der Waals surface area (Å²) in [7, 11) is 0. The molecule has 1 aliphatic heterocycles. The van der Waals surface area contributed by atoms with Crippen LogP contribution in [0.15, 0.2) is 0 Å². The standard InChI is InChI=1S/C12H21N3O3/c1-8(2)5-13-9(16)7-15-10(17)6-14-12(3,4)11(15)18/h8,14H,5-7H2,1-4H3,(H,13,16). The van der Waals surface area contributed by atoms with Gasteiger partial charge in [0.2, 0.25) is 17.7 Å². The van der Waals surface area contributed by atoms with E-state index in [-0.39, 0.29) is 30.8 Å². The Morgan fingerprint density at radius 2 is 2.06 bits per heavy atom. The lowest BCUT2D eigenvalue weighted by Crippen LogP contribution is -2.64. The third kappa shape index (κ3) is 3.53. The quantitative estimate of drug-likeness (QED) is 0.664. The number of hydrogen-bond acceptors (Lipinski definition) is 4. The number of nitrogens with zero attached hydrogens (tertiary/aromatic N) is 1. The van der Waals surface area contributed by atoms with Crippen molar-refractivity contribution in [1.29, 1.82) is 0 Å². The zero-order valence-corrected chi connectivity index (χ0v) is 11.4. The lowest BCUT2D eigenvalue weighted by molar-refractivity contribution is -0.154. The monoisotopic (exact) mass is 255 g/mol. The average molecular weight is 255 g/mol. The molecule has 18 heavy (non-hydrogen) atoms. The van der Waals surface area contributed by atoms with Gasteiger partial charge in [-0.15, -0.1) is 0 Å². The van der Waals surface area contributed by atoms with E-state index in [1.807, 2.05) is 13.8 Å². The zero-order valence-electron chi connectivity index (χ0n) is 11.4. The van der Waals surface area contributed by atoms with Crippen LogP contribution in [0.25, 0.3) is 0 Å². The van der Waals surface area contributed by atoms with Gasteiger partial charge in [-0.3, -0.25) is 24.6 Å². The van der Waals surface area contributed by atoms with Gasteiger partial charge in [0.25, 0.3) is 0 Å². The Kier molecular flexibility index (Phi) is 4.45. The van der Waals surface area contributed by atoms with E-state index in [0.717, 1.165) is 4.90 Å². The fourth-order valence-electron chi connectivity index (χ4n) is 1.60. The van der Waals surface area contributed by atoms with Crippen molar-refractivity contribution in [2.24, 2.45) is 5.92 Å². The van der Waals surface area contributed by atoms with Crippen molar-refractivity contribution in [2.75, 3.05) is 19.6 Å². The second-order valence-corrected chi connectivity index (χ2v) is 5.46. The molecule has 0 atom stereocenters. The van der Waals surface area contributed by atoms with Crippen LogP contribution in [0.3, 0.4) is 0 Å². The summed E-state index contributed by atoms with van der Waals surface area (Å²) in [5.41, 5.74) is -0.799. The summed E-state index contributed by atoms with van der Waals surface area (Å²) in [4.78, 5) is 36.3. The number of carbonyl (C=O) groups excluding carboxylic acids is 3. The smallest absolute Gasteiger partial charge is 0.249 e. The molecular weight excluding hydrogens is 234 g/mol. The molecule has 6 nitrogen and oxygen atoms in total. The number of imide groups is 1. The van der Waals surface area contributed by atoms with Crippen molar-refractivity contribution in [3.8, 4) is 0 Å². The van der Waals surface area contributed by atoms with Gasteiger partial charge < -0.3 is 5.32 Å². The Balaban J connectivity index is 2.61. The molecule has 102 valence electrons. The molecule has 1 heterocycles. The summed E-state index contributed by atoms with van der Waals surface area (Å²) in [6, 6.07) is 0. The summed E-state index contributed by atoms with van der Waals surface area (Å²) < 4.78 is 0. The van der Waals surface area contributed by atoms with Gasteiger partial charge in [-0.2, -0.15) is 0 Å². The number of piperazine rings is 1. The summed E-state index contributed by atoms with van der Waals surface area (Å²) in [5.74, 6) is -0.694. The fraction of sp³-hybridized carbons (Fsp3) is 0.750. The van der Waals surface area contributed by atoms with Crippen LogP contribution < -0.4 is 10.6 Å². The first-order valence-electron chi connectivity index (χ1n) is 6.10. The SMILES string of the molecule is CC(C)CNC(=O)CN1C(=O)CNC(C)(C)C1=O. The van der Waals surface area contributed by atoms with Crippen molar-refractivity contribution >= 4 is 17.7 Å². The van der Waals surface area contributed by atoms with Gasteiger partial charge in [0, 0.05) is 6.54 Å². The Hall–Kier alpha value is -1.43. The number of hydrogen-bond donors (Lipinski definition) is 2. The van der Waals surface area contributed by atoms with E-state index in [2.05, 4.69) is 10.6 Å². The molecule has 0 unspecified atom stereocenters. The number of amides is 3. The maximum absolute atomic E-state index is 12.0. The van der Waals surface area contributed by atoms with Gasteiger partial charge >= 0.3 is 0 Å². The molecule has 1 aliphatic rings. The third-order valence-corrected chi connectivity index (χ3v) is 2.77. The molecule has 0 saturated carbocycles. The molecule has 0 radical (unpaired) electrons. The van der Waals surface area contributed by atoms with Crippen molar-refractivity contribution in [3.63, 3.8) is 0 Å². The second kappa shape index (κ2) is 5.48. The first-order chi connectivity index (χ1) is 8.24. The highest BCUT2D eigenvalue weighted by molar-refractivity contribution is 6.05. The minimum Gasteiger partial charge on any atom is -0.354 e. The van der Waals surface area contributed by atoms with Crippen molar-refractivity contribution in [3.05, 3.63) is 0 Å². The summed E-state index contributed by atoms with van der Waals surface area (Å²) in [5, 5.41) is 5.53. The van der Waals surface area contributed by atoms with Crippen molar-refractivity contribution < 1.29 is 14.4 Å². The molecule has 0 aromatic carbocycles. The van der Waals surface area contributed by atoms with E-state index in [9.17, 15) is 14.4 Å². The summed E-state index contributed by atoms with van der Waals surface area (Å²) in [6.07, 6.45) is 0. The molecule has 0 aromatic heterocycles. The lowest BCUT2D eigenvalue weighted by atomic mass is 10.0. The molecule has 2 N–H and O–H groups in total. The first kappa shape index (κ1) is 14.6. The van der Waals surface area contributed by atoms with E-state index in [1.54, 1.807) is 13.8 Å². The van der Waals surface area contributed by atoms with E-state index < -0.39 is 5.54 Å². The van der Waals surface area contributed by atoms with Crippen LogP contribution in [-0.4, -0.2) is 47.8 Å². The van der Waals surface area contributed by atoms with Gasteiger partial charge in [0.05, 0.1) is 12.1 Å². The fourth-order valence-corrected chi connectivity index (χ4v) is 1.60. The van der Waals surface area contributed by atoms with Crippen molar-refractivity contribution in [1.82, 2.24) is 15.5 Å². The Bertz CT molecular complexity index is 364. The molecule has 0 aliphatic carbocycles. The van der Waals surface area contributed by atoms with E-state index in [1.165, 1.54) is 0 Å². The number of nitrogens with one attached hydrogen (secondary N) is 2. The lowest BCUT2D eigenvalue weighted by Gasteiger charge is -2.36. The van der Waals surface area contributed by atoms with Crippen LogP contribution in [0.1, 0.15) is 27.7 Å². The predicted octanol–water partition coefficient (Wildman–Crippen LogP) is -0.504. The number of rotatable bonds is 4. The largest absolute Gasteiger partial charge is 0.354 e. The summed E-state index contributed by atoms with van der Waals surface area (Å²) in [6.45, 7) is 7.76. The van der Waals surface area contributed by atoms with Crippen LogP contribution in [0, 0.1) is 5.92 Å². The third-order valence-electron chi connectivity index (χ3n) is 2.77. The Labute approximate surface area is 107 Å². The van der Waals surface area contributed by atoms with Crippen LogP contribution in [-0.2, 0) is 14.4 Å². The minimum atomic E-state index is -0.799. The molecule has 0 aromatic rings. The Morgan fingerprint density at radius 3 is 2.61 bits per heavy atom. The molecule has 1 fully saturated rings. The molecule has 3 amide bonds. The molecule has 0 bridgehead atoms. The molecule has 0 spiro atoms. The molecule has 6 heteroatoms. The summed E-state index contributed by atoms with van der Waals surface area (Å²) >= 11 is 0.